The van der Waals surface area contributed by atoms with E-state index in [2.05, 4.69) is 24.3 Å². The van der Waals surface area contributed by atoms with Gasteiger partial charge in [0.05, 0.1) is 19.3 Å². The Hall–Kier alpha value is -0.860. The van der Waals surface area contributed by atoms with Gasteiger partial charge in [0.2, 0.25) is 0 Å². The van der Waals surface area contributed by atoms with Crippen LogP contribution in [0.1, 0.15) is 12.0 Å². The Morgan fingerprint density at radius 3 is 2.79 bits per heavy atom. The number of benzene rings is 1. The molecule has 1 aromatic carbocycles. The van der Waals surface area contributed by atoms with Crippen molar-refractivity contribution in [1.82, 2.24) is 0 Å². The lowest BCUT2D eigenvalue weighted by atomic mass is 10.1. The van der Waals surface area contributed by atoms with E-state index in [9.17, 15) is 0 Å². The zero-order valence-corrected chi connectivity index (χ0v) is 8.32. The van der Waals surface area contributed by atoms with Crippen LogP contribution in [0.15, 0.2) is 30.3 Å². The van der Waals surface area contributed by atoms with E-state index in [1.807, 2.05) is 6.07 Å². The summed E-state index contributed by atoms with van der Waals surface area (Å²) in [5.74, 6) is 0. The number of ether oxygens (including phenoxy) is 2. The van der Waals surface area contributed by atoms with Crippen molar-refractivity contribution in [3.8, 4) is 0 Å². The van der Waals surface area contributed by atoms with Gasteiger partial charge in [-0.1, -0.05) is 30.3 Å². The molecule has 1 heterocycles. The summed E-state index contributed by atoms with van der Waals surface area (Å²) in [6.45, 7) is 2.31. The molecule has 1 aliphatic rings. The Morgan fingerprint density at radius 2 is 1.93 bits per heavy atom. The Balaban J connectivity index is 1.90. The third-order valence-corrected chi connectivity index (χ3v) is 2.47. The Kier molecular flexibility index (Phi) is 3.55. The minimum atomic E-state index is 0.333. The van der Waals surface area contributed by atoms with Gasteiger partial charge in [-0.3, -0.25) is 0 Å². The van der Waals surface area contributed by atoms with Crippen LogP contribution >= 0.6 is 0 Å². The van der Waals surface area contributed by atoms with Crippen LogP contribution in [-0.2, 0) is 15.9 Å². The number of hydrogen-bond acceptors (Lipinski definition) is 2. The highest BCUT2D eigenvalue weighted by Crippen LogP contribution is 2.11. The van der Waals surface area contributed by atoms with Crippen molar-refractivity contribution < 1.29 is 9.47 Å². The van der Waals surface area contributed by atoms with E-state index in [-0.39, 0.29) is 0 Å². The standard InChI is InChI=1S/C12H16O2/c1-2-4-11(5-3-1)10-12-6-7-13-8-9-14-12/h1-5,12H,6-10H2. The van der Waals surface area contributed by atoms with Crippen LogP contribution in [0, 0.1) is 0 Å². The first-order valence-electron chi connectivity index (χ1n) is 5.18. The summed E-state index contributed by atoms with van der Waals surface area (Å²) < 4.78 is 11.0. The molecule has 2 rings (SSSR count). The molecule has 0 bridgehead atoms. The highest BCUT2D eigenvalue weighted by molar-refractivity contribution is 5.15. The summed E-state index contributed by atoms with van der Waals surface area (Å²) in [7, 11) is 0. The van der Waals surface area contributed by atoms with Crippen molar-refractivity contribution in [3.05, 3.63) is 35.9 Å². The van der Waals surface area contributed by atoms with Gasteiger partial charge in [-0.15, -0.1) is 0 Å². The molecule has 0 aliphatic carbocycles. The van der Waals surface area contributed by atoms with E-state index in [4.69, 9.17) is 9.47 Å². The fourth-order valence-electron chi connectivity index (χ4n) is 1.71. The van der Waals surface area contributed by atoms with Crippen molar-refractivity contribution in [2.75, 3.05) is 19.8 Å². The van der Waals surface area contributed by atoms with E-state index in [1.54, 1.807) is 0 Å². The summed E-state index contributed by atoms with van der Waals surface area (Å²) >= 11 is 0. The largest absolute Gasteiger partial charge is 0.379 e. The second-order valence-corrected chi connectivity index (χ2v) is 3.58. The molecule has 0 amide bonds. The van der Waals surface area contributed by atoms with Gasteiger partial charge in [-0.05, 0) is 18.4 Å². The Bertz CT molecular complexity index is 250. The van der Waals surface area contributed by atoms with Crippen LogP contribution in [0.25, 0.3) is 0 Å². The molecule has 2 nitrogen and oxygen atoms in total. The van der Waals surface area contributed by atoms with Crippen LogP contribution in [-0.4, -0.2) is 25.9 Å². The SMILES string of the molecule is c1ccc(CC2CCOCCO2)cc1. The Morgan fingerprint density at radius 1 is 1.07 bits per heavy atom. The van der Waals surface area contributed by atoms with E-state index >= 15 is 0 Å². The van der Waals surface area contributed by atoms with Crippen LogP contribution in [0.5, 0.6) is 0 Å². The third kappa shape index (κ3) is 2.82. The van der Waals surface area contributed by atoms with Gasteiger partial charge in [-0.2, -0.15) is 0 Å². The molecule has 0 N–H and O–H groups in total. The fraction of sp³-hybridized carbons (Fsp3) is 0.500. The summed E-state index contributed by atoms with van der Waals surface area (Å²) in [5.41, 5.74) is 1.35. The molecule has 14 heavy (non-hydrogen) atoms. The first kappa shape index (κ1) is 9.69. The predicted molar refractivity (Wildman–Crippen MR) is 55.3 cm³/mol. The minimum Gasteiger partial charge on any atom is -0.379 e. The van der Waals surface area contributed by atoms with Crippen molar-refractivity contribution in [2.45, 2.75) is 18.9 Å². The summed E-state index contributed by atoms with van der Waals surface area (Å²) in [6.07, 6.45) is 2.35. The lowest BCUT2D eigenvalue weighted by Crippen LogP contribution is -2.16. The van der Waals surface area contributed by atoms with E-state index < -0.39 is 0 Å². The number of hydrogen-bond donors (Lipinski definition) is 0. The lowest BCUT2D eigenvalue weighted by molar-refractivity contribution is 0.0544. The molecule has 1 unspecified atom stereocenters. The topological polar surface area (TPSA) is 18.5 Å². The van der Waals surface area contributed by atoms with Crippen molar-refractivity contribution >= 4 is 0 Å². The van der Waals surface area contributed by atoms with Crippen LogP contribution < -0.4 is 0 Å². The Labute approximate surface area is 84.8 Å². The molecule has 0 spiro atoms. The van der Waals surface area contributed by atoms with Gasteiger partial charge in [0.25, 0.3) is 0 Å². The average Bonchev–Trinajstić information content (AvgIpc) is 2.48. The second-order valence-electron chi connectivity index (χ2n) is 3.58. The normalized spacial score (nSPS) is 23.0. The maximum atomic E-state index is 5.68. The maximum Gasteiger partial charge on any atom is 0.0704 e. The average molecular weight is 192 g/mol. The first-order chi connectivity index (χ1) is 6.95. The van der Waals surface area contributed by atoms with E-state index in [0.717, 1.165) is 32.7 Å². The van der Waals surface area contributed by atoms with Gasteiger partial charge in [-0.25, -0.2) is 0 Å². The van der Waals surface area contributed by atoms with Crippen molar-refractivity contribution in [3.63, 3.8) is 0 Å². The molecule has 1 fully saturated rings. The molecule has 0 radical (unpaired) electrons. The van der Waals surface area contributed by atoms with Gasteiger partial charge in [0.1, 0.15) is 0 Å². The van der Waals surface area contributed by atoms with Crippen molar-refractivity contribution in [2.24, 2.45) is 0 Å². The zero-order chi connectivity index (χ0) is 9.64. The van der Waals surface area contributed by atoms with Gasteiger partial charge >= 0.3 is 0 Å². The second kappa shape index (κ2) is 5.13. The molecule has 76 valence electrons. The van der Waals surface area contributed by atoms with Crippen molar-refractivity contribution in [1.29, 1.82) is 0 Å². The van der Waals surface area contributed by atoms with Crippen LogP contribution in [0.2, 0.25) is 0 Å². The molecule has 1 aromatic rings. The summed E-state index contributed by atoms with van der Waals surface area (Å²) in [5, 5.41) is 0. The van der Waals surface area contributed by atoms with Gasteiger partial charge in [0, 0.05) is 6.61 Å². The lowest BCUT2D eigenvalue weighted by Gasteiger charge is -2.13. The van der Waals surface area contributed by atoms with Gasteiger partial charge in [0.15, 0.2) is 0 Å². The van der Waals surface area contributed by atoms with E-state index in [0.29, 0.717) is 6.10 Å². The molecule has 2 heteroatoms. The van der Waals surface area contributed by atoms with Crippen LogP contribution in [0.3, 0.4) is 0 Å². The quantitative estimate of drug-likeness (QED) is 0.714. The third-order valence-electron chi connectivity index (χ3n) is 2.47. The molecule has 1 aliphatic heterocycles. The van der Waals surface area contributed by atoms with Gasteiger partial charge < -0.3 is 9.47 Å². The summed E-state index contributed by atoms with van der Waals surface area (Å²) in [4.78, 5) is 0. The highest BCUT2D eigenvalue weighted by Gasteiger charge is 2.12. The smallest absolute Gasteiger partial charge is 0.0704 e. The zero-order valence-electron chi connectivity index (χ0n) is 8.32. The first-order valence-corrected chi connectivity index (χ1v) is 5.18. The molecule has 0 saturated carbocycles. The fourth-order valence-corrected chi connectivity index (χ4v) is 1.71. The van der Waals surface area contributed by atoms with Crippen LogP contribution in [0.4, 0.5) is 0 Å². The predicted octanol–water partition coefficient (Wildman–Crippen LogP) is 2.03. The molecule has 1 atom stereocenters. The molecule has 0 aromatic heterocycles. The number of rotatable bonds is 2. The summed E-state index contributed by atoms with van der Waals surface area (Å²) in [6, 6.07) is 10.5. The van der Waals surface area contributed by atoms with E-state index in [1.165, 1.54) is 5.56 Å². The molecular formula is C12H16O2. The highest BCUT2D eigenvalue weighted by atomic mass is 16.5. The monoisotopic (exact) mass is 192 g/mol. The maximum absolute atomic E-state index is 5.68. The molecular weight excluding hydrogens is 176 g/mol. The minimum absolute atomic E-state index is 0.333. The molecule has 1 saturated heterocycles.